The van der Waals surface area contributed by atoms with Crippen molar-refractivity contribution in [3.05, 3.63) is 17.5 Å². The van der Waals surface area contributed by atoms with Gasteiger partial charge in [0.05, 0.1) is 12.7 Å². The minimum absolute atomic E-state index is 0.373. The molecule has 86 valence electrons. The summed E-state index contributed by atoms with van der Waals surface area (Å²) in [5.41, 5.74) is 2.55. The molecule has 1 unspecified atom stereocenters. The predicted octanol–water partition coefficient (Wildman–Crippen LogP) is 1.03. The van der Waals surface area contributed by atoms with E-state index < -0.39 is 0 Å². The summed E-state index contributed by atoms with van der Waals surface area (Å²) in [7, 11) is 6.13. The van der Waals surface area contributed by atoms with Gasteiger partial charge in [-0.2, -0.15) is 5.10 Å². The van der Waals surface area contributed by atoms with Crippen LogP contribution in [0, 0.1) is 6.92 Å². The van der Waals surface area contributed by atoms with E-state index in [-0.39, 0.29) is 0 Å². The van der Waals surface area contributed by atoms with E-state index in [0.29, 0.717) is 6.04 Å². The molecule has 1 N–H and O–H groups in total. The van der Waals surface area contributed by atoms with E-state index in [1.165, 1.54) is 11.3 Å². The van der Waals surface area contributed by atoms with Gasteiger partial charge in [0.1, 0.15) is 0 Å². The molecule has 1 aromatic heterocycles. The Hall–Kier alpha value is -0.870. The molecular weight excluding hydrogens is 188 g/mol. The Bertz CT molecular complexity index is 304. The first kappa shape index (κ1) is 12.2. The average Bonchev–Trinajstić information content (AvgIpc) is 2.56. The maximum Gasteiger partial charge on any atom is 0.0540 e. The summed E-state index contributed by atoms with van der Waals surface area (Å²) in [5, 5.41) is 7.64. The average molecular weight is 210 g/mol. The predicted molar refractivity (Wildman–Crippen MR) is 63.0 cm³/mol. The second-order valence-electron chi connectivity index (χ2n) is 4.22. The minimum atomic E-state index is 0.373. The lowest BCUT2D eigenvalue weighted by Gasteiger charge is -2.12. The summed E-state index contributed by atoms with van der Waals surface area (Å²) in [5.74, 6) is 0. The molecule has 0 saturated heterocycles. The molecule has 0 aromatic carbocycles. The summed E-state index contributed by atoms with van der Waals surface area (Å²) in [6.07, 6.45) is 1.96. The number of hydrogen-bond donors (Lipinski definition) is 1. The summed E-state index contributed by atoms with van der Waals surface area (Å²) in [4.78, 5) is 2.17. The van der Waals surface area contributed by atoms with E-state index in [1.54, 1.807) is 0 Å². The fraction of sp³-hybridized carbons (Fsp3) is 0.727. The third kappa shape index (κ3) is 3.04. The fourth-order valence-electron chi connectivity index (χ4n) is 1.56. The van der Waals surface area contributed by atoms with E-state index >= 15 is 0 Å². The van der Waals surface area contributed by atoms with E-state index in [9.17, 15) is 0 Å². The van der Waals surface area contributed by atoms with E-state index in [4.69, 9.17) is 0 Å². The van der Waals surface area contributed by atoms with Crippen molar-refractivity contribution in [3.63, 3.8) is 0 Å². The van der Waals surface area contributed by atoms with Crippen LogP contribution in [0.4, 0.5) is 0 Å². The molecule has 0 spiro atoms. The van der Waals surface area contributed by atoms with Crippen LogP contribution in [0.3, 0.4) is 0 Å². The molecule has 1 heterocycles. The molecule has 0 aliphatic carbocycles. The Morgan fingerprint density at radius 1 is 1.53 bits per heavy atom. The minimum Gasteiger partial charge on any atom is -0.313 e. The van der Waals surface area contributed by atoms with Crippen molar-refractivity contribution in [2.24, 2.45) is 0 Å². The molecular formula is C11H22N4. The Labute approximate surface area is 92.3 Å². The number of rotatable bonds is 5. The molecule has 1 rings (SSSR count). The van der Waals surface area contributed by atoms with Gasteiger partial charge in [-0.3, -0.25) is 4.68 Å². The van der Waals surface area contributed by atoms with Gasteiger partial charge in [0.2, 0.25) is 0 Å². The molecule has 15 heavy (non-hydrogen) atoms. The number of aromatic nitrogens is 2. The van der Waals surface area contributed by atoms with Gasteiger partial charge < -0.3 is 10.2 Å². The largest absolute Gasteiger partial charge is 0.313 e. The van der Waals surface area contributed by atoms with E-state index in [1.807, 2.05) is 13.2 Å². The molecule has 4 nitrogen and oxygen atoms in total. The number of nitrogens with one attached hydrogen (secondary N) is 1. The maximum atomic E-state index is 4.41. The normalized spacial score (nSPS) is 13.5. The Morgan fingerprint density at radius 3 is 2.73 bits per heavy atom. The van der Waals surface area contributed by atoms with Crippen molar-refractivity contribution in [3.8, 4) is 0 Å². The van der Waals surface area contributed by atoms with Crippen molar-refractivity contribution in [2.45, 2.75) is 26.4 Å². The highest BCUT2D eigenvalue weighted by molar-refractivity contribution is 5.19. The summed E-state index contributed by atoms with van der Waals surface area (Å²) in [6, 6.07) is 0.373. The number of nitrogens with zero attached hydrogens (tertiary/aromatic N) is 3. The smallest absolute Gasteiger partial charge is 0.0540 e. The zero-order valence-electron chi connectivity index (χ0n) is 10.4. The zero-order valence-corrected chi connectivity index (χ0v) is 10.4. The van der Waals surface area contributed by atoms with Gasteiger partial charge >= 0.3 is 0 Å². The zero-order chi connectivity index (χ0) is 11.4. The molecule has 0 aliphatic heterocycles. The van der Waals surface area contributed by atoms with Crippen molar-refractivity contribution in [1.82, 2.24) is 20.0 Å². The first-order valence-corrected chi connectivity index (χ1v) is 5.40. The molecule has 0 fully saturated rings. The SMILES string of the molecule is CNC(C)c1cnn(CCN(C)C)c1C. The van der Waals surface area contributed by atoms with Gasteiger partial charge in [-0.05, 0) is 35.0 Å². The second kappa shape index (κ2) is 5.28. The molecule has 0 radical (unpaired) electrons. The Morgan fingerprint density at radius 2 is 2.20 bits per heavy atom. The molecule has 0 amide bonds. The lowest BCUT2D eigenvalue weighted by atomic mass is 10.1. The lowest BCUT2D eigenvalue weighted by molar-refractivity contribution is 0.370. The van der Waals surface area contributed by atoms with Gasteiger partial charge in [-0.15, -0.1) is 0 Å². The number of likely N-dealkylation sites (N-methyl/N-ethyl adjacent to an activating group) is 1. The molecule has 1 aromatic rings. The second-order valence-corrected chi connectivity index (χ2v) is 4.22. The summed E-state index contributed by atoms with van der Waals surface area (Å²) >= 11 is 0. The third-order valence-electron chi connectivity index (χ3n) is 2.80. The highest BCUT2D eigenvalue weighted by Crippen LogP contribution is 2.15. The van der Waals surface area contributed by atoms with Crippen molar-refractivity contribution in [2.75, 3.05) is 27.7 Å². The molecule has 4 heteroatoms. The quantitative estimate of drug-likeness (QED) is 0.788. The summed E-state index contributed by atoms with van der Waals surface area (Å²) < 4.78 is 2.07. The van der Waals surface area contributed by atoms with Crippen molar-refractivity contribution < 1.29 is 0 Å². The van der Waals surface area contributed by atoms with Gasteiger partial charge in [-0.25, -0.2) is 0 Å². The molecule has 0 saturated carbocycles. The standard InChI is InChI=1S/C11H22N4/c1-9(12-3)11-8-13-15(10(11)2)7-6-14(4)5/h8-9,12H,6-7H2,1-5H3. The van der Waals surface area contributed by atoms with E-state index in [2.05, 4.69) is 47.9 Å². The molecule has 1 atom stereocenters. The maximum absolute atomic E-state index is 4.41. The van der Waals surface area contributed by atoms with Gasteiger partial charge in [-0.1, -0.05) is 0 Å². The van der Waals surface area contributed by atoms with E-state index in [0.717, 1.165) is 13.1 Å². The van der Waals surface area contributed by atoms with Gasteiger partial charge in [0, 0.05) is 23.8 Å². The van der Waals surface area contributed by atoms with Gasteiger partial charge in [0.25, 0.3) is 0 Å². The Balaban J connectivity index is 2.71. The van der Waals surface area contributed by atoms with Crippen LogP contribution in [0.2, 0.25) is 0 Å². The van der Waals surface area contributed by atoms with Crippen LogP contribution >= 0.6 is 0 Å². The van der Waals surface area contributed by atoms with Crippen LogP contribution in [-0.2, 0) is 6.54 Å². The van der Waals surface area contributed by atoms with Crippen LogP contribution < -0.4 is 5.32 Å². The highest BCUT2D eigenvalue weighted by Gasteiger charge is 2.11. The Kier molecular flexibility index (Phi) is 4.29. The lowest BCUT2D eigenvalue weighted by Crippen LogP contribution is -2.20. The van der Waals surface area contributed by atoms with Crippen LogP contribution in [0.15, 0.2) is 6.20 Å². The summed E-state index contributed by atoms with van der Waals surface area (Å²) in [6.45, 7) is 6.26. The van der Waals surface area contributed by atoms with Crippen LogP contribution in [0.25, 0.3) is 0 Å². The topological polar surface area (TPSA) is 33.1 Å². The van der Waals surface area contributed by atoms with Crippen LogP contribution in [0.5, 0.6) is 0 Å². The van der Waals surface area contributed by atoms with Crippen LogP contribution in [-0.4, -0.2) is 42.4 Å². The van der Waals surface area contributed by atoms with Gasteiger partial charge in [0.15, 0.2) is 0 Å². The van der Waals surface area contributed by atoms with Crippen LogP contribution in [0.1, 0.15) is 24.2 Å². The first-order chi connectivity index (χ1) is 7.06. The monoisotopic (exact) mass is 210 g/mol. The van der Waals surface area contributed by atoms with Crippen molar-refractivity contribution >= 4 is 0 Å². The molecule has 0 bridgehead atoms. The number of hydrogen-bond acceptors (Lipinski definition) is 3. The van der Waals surface area contributed by atoms with Crippen molar-refractivity contribution in [1.29, 1.82) is 0 Å². The highest BCUT2D eigenvalue weighted by atomic mass is 15.3. The molecule has 0 aliphatic rings. The fourth-order valence-corrected chi connectivity index (χ4v) is 1.56. The third-order valence-corrected chi connectivity index (χ3v) is 2.80. The first-order valence-electron chi connectivity index (χ1n) is 5.40.